The largest absolute Gasteiger partial charge is 0.476 e. The standard InChI is InChI=1S/C15H16N6O/c16-8-13-15(20-6-5-18-13)21-7-1-2-12(10-21)11-22-14-9-17-3-4-19-14/h3-6,9,12H,1-2,7,10-11H2. The number of rotatable bonds is 4. The Hall–Kier alpha value is -2.75. The fraction of sp³-hybridized carbons (Fsp3) is 0.400. The van der Waals surface area contributed by atoms with Crippen molar-refractivity contribution in [2.24, 2.45) is 5.92 Å². The summed E-state index contributed by atoms with van der Waals surface area (Å²) in [5, 5.41) is 9.15. The number of nitriles is 1. The molecule has 2 aromatic rings. The van der Waals surface area contributed by atoms with Crippen molar-refractivity contribution in [2.75, 3.05) is 24.6 Å². The first-order valence-electron chi connectivity index (χ1n) is 7.21. The Balaban J connectivity index is 1.63. The molecular weight excluding hydrogens is 280 g/mol. The van der Waals surface area contributed by atoms with Crippen LogP contribution in [0.15, 0.2) is 31.0 Å². The average molecular weight is 296 g/mol. The summed E-state index contributed by atoms with van der Waals surface area (Å²) in [6, 6.07) is 2.10. The maximum absolute atomic E-state index is 9.15. The van der Waals surface area contributed by atoms with Crippen LogP contribution in [-0.2, 0) is 0 Å². The minimum absolute atomic E-state index is 0.365. The lowest BCUT2D eigenvalue weighted by Crippen LogP contribution is -2.38. The van der Waals surface area contributed by atoms with E-state index in [1.54, 1.807) is 31.0 Å². The summed E-state index contributed by atoms with van der Waals surface area (Å²) in [7, 11) is 0. The molecule has 0 amide bonds. The van der Waals surface area contributed by atoms with Crippen molar-refractivity contribution in [3.8, 4) is 11.9 Å². The highest BCUT2D eigenvalue weighted by Crippen LogP contribution is 2.23. The van der Waals surface area contributed by atoms with Gasteiger partial charge in [-0.3, -0.25) is 4.98 Å². The van der Waals surface area contributed by atoms with Crippen molar-refractivity contribution in [1.29, 1.82) is 5.26 Å². The maximum Gasteiger partial charge on any atom is 0.232 e. The summed E-state index contributed by atoms with van der Waals surface area (Å²) < 4.78 is 5.68. The Kier molecular flexibility index (Phi) is 4.39. The normalized spacial score (nSPS) is 17.8. The average Bonchev–Trinajstić information content (AvgIpc) is 2.61. The van der Waals surface area contributed by atoms with Crippen LogP contribution >= 0.6 is 0 Å². The van der Waals surface area contributed by atoms with Crippen molar-refractivity contribution >= 4 is 5.82 Å². The van der Waals surface area contributed by atoms with E-state index in [-0.39, 0.29) is 0 Å². The SMILES string of the molecule is N#Cc1nccnc1N1CCCC(COc2cnccn2)C1. The lowest BCUT2D eigenvalue weighted by Gasteiger charge is -2.33. The predicted molar refractivity (Wildman–Crippen MR) is 79.2 cm³/mol. The monoisotopic (exact) mass is 296 g/mol. The molecule has 1 atom stereocenters. The van der Waals surface area contributed by atoms with Gasteiger partial charge in [0.05, 0.1) is 12.8 Å². The van der Waals surface area contributed by atoms with E-state index >= 15 is 0 Å². The van der Waals surface area contributed by atoms with Gasteiger partial charge in [0.15, 0.2) is 11.5 Å². The molecule has 2 aromatic heterocycles. The summed E-state index contributed by atoms with van der Waals surface area (Å²) >= 11 is 0. The summed E-state index contributed by atoms with van der Waals surface area (Å²) in [6.45, 7) is 2.26. The summed E-state index contributed by atoms with van der Waals surface area (Å²) in [4.78, 5) is 18.6. The van der Waals surface area contributed by atoms with E-state index in [2.05, 4.69) is 30.9 Å². The lowest BCUT2D eigenvalue weighted by molar-refractivity contribution is 0.220. The summed E-state index contributed by atoms with van der Waals surface area (Å²) in [5.74, 6) is 1.57. The van der Waals surface area contributed by atoms with Crippen LogP contribution in [-0.4, -0.2) is 39.6 Å². The van der Waals surface area contributed by atoms with Gasteiger partial charge in [-0.25, -0.2) is 15.0 Å². The van der Waals surface area contributed by atoms with Crippen LogP contribution in [0.2, 0.25) is 0 Å². The molecule has 0 aromatic carbocycles. The predicted octanol–water partition coefficient (Wildman–Crippen LogP) is 1.43. The highest BCUT2D eigenvalue weighted by molar-refractivity contribution is 5.49. The van der Waals surface area contributed by atoms with Crippen molar-refractivity contribution in [1.82, 2.24) is 19.9 Å². The van der Waals surface area contributed by atoms with Crippen molar-refractivity contribution in [3.05, 3.63) is 36.7 Å². The molecule has 0 saturated carbocycles. The molecule has 1 saturated heterocycles. The Morgan fingerprint density at radius 2 is 2.09 bits per heavy atom. The zero-order valence-corrected chi connectivity index (χ0v) is 12.1. The molecular formula is C15H16N6O. The van der Waals surface area contributed by atoms with Gasteiger partial charge in [0, 0.05) is 43.8 Å². The number of hydrogen-bond donors (Lipinski definition) is 0. The van der Waals surface area contributed by atoms with Crippen molar-refractivity contribution in [2.45, 2.75) is 12.8 Å². The Labute approximate surface area is 128 Å². The topological polar surface area (TPSA) is 87.8 Å². The van der Waals surface area contributed by atoms with Crippen LogP contribution in [0.3, 0.4) is 0 Å². The van der Waals surface area contributed by atoms with E-state index in [1.165, 1.54) is 0 Å². The van der Waals surface area contributed by atoms with Gasteiger partial charge in [-0.2, -0.15) is 5.26 Å². The van der Waals surface area contributed by atoms with Gasteiger partial charge >= 0.3 is 0 Å². The number of piperidine rings is 1. The molecule has 1 fully saturated rings. The number of anilines is 1. The second-order valence-corrected chi connectivity index (χ2v) is 5.15. The van der Waals surface area contributed by atoms with Gasteiger partial charge in [0.1, 0.15) is 6.07 Å². The third kappa shape index (κ3) is 3.28. The second kappa shape index (κ2) is 6.80. The zero-order valence-electron chi connectivity index (χ0n) is 12.1. The first kappa shape index (κ1) is 14.2. The number of aromatic nitrogens is 4. The number of nitrogens with zero attached hydrogens (tertiary/aromatic N) is 6. The van der Waals surface area contributed by atoms with E-state index in [1.807, 2.05) is 0 Å². The smallest absolute Gasteiger partial charge is 0.232 e. The van der Waals surface area contributed by atoms with Gasteiger partial charge in [-0.1, -0.05) is 0 Å². The van der Waals surface area contributed by atoms with Crippen LogP contribution in [0.1, 0.15) is 18.5 Å². The second-order valence-electron chi connectivity index (χ2n) is 5.15. The van der Waals surface area contributed by atoms with Crippen molar-refractivity contribution < 1.29 is 4.74 Å². The lowest BCUT2D eigenvalue weighted by atomic mass is 9.99. The van der Waals surface area contributed by atoms with E-state index in [0.717, 1.165) is 25.9 Å². The highest BCUT2D eigenvalue weighted by atomic mass is 16.5. The molecule has 22 heavy (non-hydrogen) atoms. The molecule has 3 rings (SSSR count). The van der Waals surface area contributed by atoms with Gasteiger partial charge in [0.25, 0.3) is 0 Å². The van der Waals surface area contributed by atoms with Gasteiger partial charge in [0.2, 0.25) is 5.88 Å². The van der Waals surface area contributed by atoms with Crippen LogP contribution < -0.4 is 9.64 Å². The minimum Gasteiger partial charge on any atom is -0.476 e. The minimum atomic E-state index is 0.365. The third-order valence-corrected chi connectivity index (χ3v) is 3.61. The molecule has 0 bridgehead atoms. The Bertz CT molecular complexity index is 657. The molecule has 0 aliphatic carbocycles. The summed E-state index contributed by atoms with van der Waals surface area (Å²) in [5.41, 5.74) is 0.373. The fourth-order valence-electron chi connectivity index (χ4n) is 2.60. The first-order valence-corrected chi connectivity index (χ1v) is 7.21. The van der Waals surface area contributed by atoms with Crippen LogP contribution in [0, 0.1) is 17.2 Å². The van der Waals surface area contributed by atoms with Crippen LogP contribution in [0.4, 0.5) is 5.82 Å². The van der Waals surface area contributed by atoms with Crippen molar-refractivity contribution in [3.63, 3.8) is 0 Å². The number of ether oxygens (including phenoxy) is 1. The zero-order chi connectivity index (χ0) is 15.2. The van der Waals surface area contributed by atoms with Crippen LogP contribution in [0.25, 0.3) is 0 Å². The molecule has 112 valence electrons. The molecule has 3 heterocycles. The fourth-order valence-corrected chi connectivity index (χ4v) is 2.60. The van der Waals surface area contributed by atoms with Gasteiger partial charge < -0.3 is 9.64 Å². The van der Waals surface area contributed by atoms with Gasteiger partial charge in [-0.05, 0) is 12.8 Å². The Morgan fingerprint density at radius 3 is 2.91 bits per heavy atom. The molecule has 0 radical (unpaired) electrons. The van der Waals surface area contributed by atoms with E-state index < -0.39 is 0 Å². The van der Waals surface area contributed by atoms with Gasteiger partial charge in [-0.15, -0.1) is 0 Å². The molecule has 1 unspecified atom stereocenters. The molecule has 0 spiro atoms. The molecule has 7 heteroatoms. The first-order chi connectivity index (χ1) is 10.9. The van der Waals surface area contributed by atoms with E-state index in [9.17, 15) is 0 Å². The third-order valence-electron chi connectivity index (χ3n) is 3.61. The molecule has 0 N–H and O–H groups in total. The highest BCUT2D eigenvalue weighted by Gasteiger charge is 2.23. The van der Waals surface area contributed by atoms with E-state index in [0.29, 0.717) is 29.9 Å². The number of hydrogen-bond acceptors (Lipinski definition) is 7. The van der Waals surface area contributed by atoms with E-state index in [4.69, 9.17) is 10.00 Å². The van der Waals surface area contributed by atoms with Crippen LogP contribution in [0.5, 0.6) is 5.88 Å². The molecule has 1 aliphatic rings. The Morgan fingerprint density at radius 1 is 1.23 bits per heavy atom. The molecule has 7 nitrogen and oxygen atoms in total. The quantitative estimate of drug-likeness (QED) is 0.843. The summed E-state index contributed by atoms with van der Waals surface area (Å²) in [6.07, 6.45) is 10.1. The maximum atomic E-state index is 9.15. The molecule has 1 aliphatic heterocycles.